The van der Waals surface area contributed by atoms with Crippen molar-refractivity contribution in [3.8, 4) is 5.82 Å². The number of rotatable bonds is 9. The van der Waals surface area contributed by atoms with Crippen LogP contribution in [0, 0.1) is 13.8 Å². The van der Waals surface area contributed by atoms with Crippen molar-refractivity contribution in [1.82, 2.24) is 25.1 Å². The maximum atomic E-state index is 12.5. The summed E-state index contributed by atoms with van der Waals surface area (Å²) in [6, 6.07) is 5.97. The summed E-state index contributed by atoms with van der Waals surface area (Å²) in [6.07, 6.45) is 9.73. The van der Waals surface area contributed by atoms with Crippen LogP contribution in [-0.2, 0) is 17.6 Å². The van der Waals surface area contributed by atoms with Gasteiger partial charge in [-0.2, -0.15) is 5.10 Å². The van der Waals surface area contributed by atoms with E-state index in [4.69, 9.17) is 9.52 Å². The third-order valence-electron chi connectivity index (χ3n) is 6.39. The lowest BCUT2D eigenvalue weighted by Gasteiger charge is -2.27. The van der Waals surface area contributed by atoms with Gasteiger partial charge >= 0.3 is 0 Å². The van der Waals surface area contributed by atoms with Crippen LogP contribution in [0.15, 0.2) is 35.2 Å². The van der Waals surface area contributed by atoms with E-state index in [2.05, 4.69) is 20.2 Å². The number of anilines is 1. The van der Waals surface area contributed by atoms with Gasteiger partial charge in [-0.05, 0) is 70.6 Å². The van der Waals surface area contributed by atoms with Crippen LogP contribution >= 0.6 is 0 Å². The van der Waals surface area contributed by atoms with Gasteiger partial charge in [0.2, 0.25) is 5.91 Å². The van der Waals surface area contributed by atoms with Gasteiger partial charge in [0.1, 0.15) is 17.9 Å². The molecule has 0 spiro atoms. The minimum absolute atomic E-state index is 0.0583. The van der Waals surface area contributed by atoms with Crippen molar-refractivity contribution in [3.63, 3.8) is 0 Å². The van der Waals surface area contributed by atoms with Crippen LogP contribution in [0.2, 0.25) is 0 Å². The maximum absolute atomic E-state index is 12.5. The molecule has 1 N–H and O–H groups in total. The largest absolute Gasteiger partial charge is 0.469 e. The fourth-order valence-electron chi connectivity index (χ4n) is 4.48. The van der Waals surface area contributed by atoms with E-state index < -0.39 is 0 Å². The Hall–Kier alpha value is -3.16. The molecule has 3 aromatic heterocycles. The van der Waals surface area contributed by atoms with Crippen molar-refractivity contribution in [2.45, 2.75) is 71.8 Å². The zero-order valence-electron chi connectivity index (χ0n) is 19.9. The van der Waals surface area contributed by atoms with Crippen molar-refractivity contribution in [3.05, 3.63) is 53.5 Å². The molecule has 4 heterocycles. The third-order valence-corrected chi connectivity index (χ3v) is 6.39. The van der Waals surface area contributed by atoms with Crippen molar-refractivity contribution in [2.24, 2.45) is 0 Å². The Morgan fingerprint density at radius 2 is 1.94 bits per heavy atom. The minimum Gasteiger partial charge on any atom is -0.469 e. The molecule has 0 bridgehead atoms. The van der Waals surface area contributed by atoms with E-state index in [-0.39, 0.29) is 11.9 Å². The Morgan fingerprint density at radius 1 is 1.15 bits per heavy atom. The summed E-state index contributed by atoms with van der Waals surface area (Å²) in [7, 11) is 0. The Kier molecular flexibility index (Phi) is 7.42. The first-order chi connectivity index (χ1) is 16.0. The van der Waals surface area contributed by atoms with Crippen LogP contribution in [-0.4, -0.2) is 44.8 Å². The first-order valence-corrected chi connectivity index (χ1v) is 12.0. The number of amides is 1. The van der Waals surface area contributed by atoms with Crippen LogP contribution < -0.4 is 10.2 Å². The van der Waals surface area contributed by atoms with E-state index in [1.807, 2.05) is 43.7 Å². The highest BCUT2D eigenvalue weighted by atomic mass is 16.3. The number of hydrogen-bond donors (Lipinski definition) is 1. The Balaban J connectivity index is 1.36. The predicted molar refractivity (Wildman–Crippen MR) is 128 cm³/mol. The molecule has 3 aromatic rings. The molecule has 176 valence electrons. The summed E-state index contributed by atoms with van der Waals surface area (Å²) in [5.74, 6) is 2.73. The van der Waals surface area contributed by atoms with Crippen LogP contribution in [0.25, 0.3) is 5.82 Å². The number of piperidine rings is 1. The number of aryl methyl sites for hydroxylation is 2. The number of carbonyl (C=O) groups excluding carboxylic acids is 1. The highest BCUT2D eigenvalue weighted by Gasteiger charge is 2.18. The van der Waals surface area contributed by atoms with Gasteiger partial charge in [-0.1, -0.05) is 0 Å². The van der Waals surface area contributed by atoms with Gasteiger partial charge in [0.15, 0.2) is 5.82 Å². The third kappa shape index (κ3) is 5.80. The Bertz CT molecular complexity index is 1050. The van der Waals surface area contributed by atoms with Gasteiger partial charge in [-0.25, -0.2) is 14.6 Å². The quantitative estimate of drug-likeness (QED) is 0.531. The normalized spacial score (nSPS) is 14.9. The molecule has 8 heteroatoms. The molecule has 0 radical (unpaired) electrons. The summed E-state index contributed by atoms with van der Waals surface area (Å²) in [6.45, 7) is 8.14. The summed E-state index contributed by atoms with van der Waals surface area (Å²) in [4.78, 5) is 23.8. The molecule has 0 aliphatic carbocycles. The second-order valence-corrected chi connectivity index (χ2v) is 8.93. The van der Waals surface area contributed by atoms with Crippen LogP contribution in [0.5, 0.6) is 0 Å². The molecule has 1 unspecified atom stereocenters. The first kappa shape index (κ1) is 23.0. The Labute approximate surface area is 195 Å². The zero-order valence-corrected chi connectivity index (χ0v) is 19.9. The SMILES string of the molecule is Cc1nn(-c2cc(N3CCCCC3)ncn2)c(C)c1CCC(=O)NC(C)CCc1ccco1. The molecule has 1 aliphatic rings. The van der Waals surface area contributed by atoms with Gasteiger partial charge < -0.3 is 14.6 Å². The number of aromatic nitrogens is 4. The van der Waals surface area contributed by atoms with Gasteiger partial charge in [0, 0.05) is 43.7 Å². The topological polar surface area (TPSA) is 89.1 Å². The highest BCUT2D eigenvalue weighted by Crippen LogP contribution is 2.22. The molecule has 8 nitrogen and oxygen atoms in total. The van der Waals surface area contributed by atoms with E-state index >= 15 is 0 Å². The van der Waals surface area contributed by atoms with E-state index in [1.165, 1.54) is 19.3 Å². The van der Waals surface area contributed by atoms with E-state index in [0.29, 0.717) is 12.8 Å². The van der Waals surface area contributed by atoms with Crippen molar-refractivity contribution >= 4 is 11.7 Å². The molecule has 4 rings (SSSR count). The number of nitrogens with zero attached hydrogens (tertiary/aromatic N) is 5. The average molecular weight is 451 g/mol. The molecule has 1 saturated heterocycles. The van der Waals surface area contributed by atoms with E-state index in [9.17, 15) is 4.79 Å². The average Bonchev–Trinajstić information content (AvgIpc) is 3.45. The summed E-state index contributed by atoms with van der Waals surface area (Å²) < 4.78 is 7.25. The lowest BCUT2D eigenvalue weighted by Crippen LogP contribution is -2.33. The lowest BCUT2D eigenvalue weighted by molar-refractivity contribution is -0.121. The number of furan rings is 1. The number of carbonyl (C=O) groups is 1. The summed E-state index contributed by atoms with van der Waals surface area (Å²) in [5, 5.41) is 7.83. The summed E-state index contributed by atoms with van der Waals surface area (Å²) >= 11 is 0. The minimum atomic E-state index is 0.0583. The van der Waals surface area contributed by atoms with Crippen molar-refractivity contribution in [1.29, 1.82) is 0 Å². The lowest BCUT2D eigenvalue weighted by atomic mass is 10.1. The molecular formula is C25H34N6O2. The fourth-order valence-corrected chi connectivity index (χ4v) is 4.48. The second kappa shape index (κ2) is 10.6. The molecule has 1 aliphatic heterocycles. The van der Waals surface area contributed by atoms with Crippen LogP contribution in [0.3, 0.4) is 0 Å². The predicted octanol–water partition coefficient (Wildman–Crippen LogP) is 3.93. The Morgan fingerprint density at radius 3 is 2.70 bits per heavy atom. The van der Waals surface area contributed by atoms with Crippen LogP contribution in [0.1, 0.15) is 61.7 Å². The first-order valence-electron chi connectivity index (χ1n) is 12.0. The molecule has 1 fully saturated rings. The monoisotopic (exact) mass is 450 g/mol. The van der Waals surface area contributed by atoms with Gasteiger partial charge in [0.05, 0.1) is 12.0 Å². The molecular weight excluding hydrogens is 416 g/mol. The molecule has 1 amide bonds. The second-order valence-electron chi connectivity index (χ2n) is 8.93. The van der Waals surface area contributed by atoms with Gasteiger partial charge in [-0.15, -0.1) is 0 Å². The van der Waals surface area contributed by atoms with Crippen LogP contribution in [0.4, 0.5) is 5.82 Å². The summed E-state index contributed by atoms with van der Waals surface area (Å²) in [5.41, 5.74) is 3.06. The van der Waals surface area contributed by atoms with Gasteiger partial charge in [-0.3, -0.25) is 4.79 Å². The van der Waals surface area contributed by atoms with Crippen molar-refractivity contribution in [2.75, 3.05) is 18.0 Å². The molecule has 33 heavy (non-hydrogen) atoms. The molecule has 1 atom stereocenters. The standard InChI is InChI=1S/C25H34N6O2/c1-18(9-10-21-8-7-15-33-21)28-25(32)12-11-22-19(2)29-31(20(22)3)24-16-23(26-17-27-24)30-13-5-4-6-14-30/h7-8,15-18H,4-6,9-14H2,1-3H3,(H,28,32). The molecule has 0 saturated carbocycles. The number of hydrogen-bond acceptors (Lipinski definition) is 6. The zero-order chi connectivity index (χ0) is 23.2. The van der Waals surface area contributed by atoms with E-state index in [0.717, 1.165) is 60.3 Å². The van der Waals surface area contributed by atoms with Crippen molar-refractivity contribution < 1.29 is 9.21 Å². The fraction of sp³-hybridized carbons (Fsp3) is 0.520. The highest BCUT2D eigenvalue weighted by molar-refractivity contribution is 5.76. The smallest absolute Gasteiger partial charge is 0.220 e. The number of nitrogens with one attached hydrogen (secondary N) is 1. The van der Waals surface area contributed by atoms with E-state index in [1.54, 1.807) is 12.6 Å². The van der Waals surface area contributed by atoms with Gasteiger partial charge in [0.25, 0.3) is 0 Å². The maximum Gasteiger partial charge on any atom is 0.220 e. The molecule has 0 aromatic carbocycles.